The topological polar surface area (TPSA) is 101 Å². The molecule has 2 atom stereocenters. The number of nitriles is 1. The molecule has 4 rings (SSSR count). The van der Waals surface area contributed by atoms with E-state index >= 15 is 0 Å². The average molecular weight is 482 g/mol. The van der Waals surface area contributed by atoms with E-state index < -0.39 is 11.5 Å². The summed E-state index contributed by atoms with van der Waals surface area (Å²) >= 11 is 6.07. The number of carbonyl (C=O) groups excluding carboxylic acids is 1. The fourth-order valence-electron chi connectivity index (χ4n) is 5.20. The summed E-state index contributed by atoms with van der Waals surface area (Å²) < 4.78 is 0. The van der Waals surface area contributed by atoms with Crippen molar-refractivity contribution in [2.24, 2.45) is 5.92 Å². The van der Waals surface area contributed by atoms with E-state index in [-0.39, 0.29) is 17.9 Å². The lowest BCUT2D eigenvalue weighted by Gasteiger charge is -2.35. The average Bonchev–Trinajstić information content (AvgIpc) is 3.22. The summed E-state index contributed by atoms with van der Waals surface area (Å²) in [7, 11) is 1.57. The van der Waals surface area contributed by atoms with E-state index in [9.17, 15) is 14.7 Å². The second-order valence-electron chi connectivity index (χ2n) is 9.33. The second-order valence-corrected chi connectivity index (χ2v) is 9.77. The van der Waals surface area contributed by atoms with Crippen molar-refractivity contribution >= 4 is 29.4 Å². The number of aromatic nitrogens is 1. The van der Waals surface area contributed by atoms with Crippen molar-refractivity contribution in [3.63, 3.8) is 0 Å². The molecule has 178 valence electrons. The maximum atomic E-state index is 13.5. The van der Waals surface area contributed by atoms with Crippen molar-refractivity contribution in [3.8, 4) is 6.07 Å². The zero-order valence-corrected chi connectivity index (χ0v) is 20.1. The van der Waals surface area contributed by atoms with Crippen molar-refractivity contribution in [3.05, 3.63) is 58.7 Å². The number of nitrogens with zero attached hydrogens (tertiary/aromatic N) is 5. The Morgan fingerprint density at radius 1 is 1.21 bits per heavy atom. The third kappa shape index (κ3) is 4.53. The minimum absolute atomic E-state index is 0.0777. The largest absolute Gasteiger partial charge is 0.465 e. The molecule has 9 heteroatoms. The summed E-state index contributed by atoms with van der Waals surface area (Å²) in [5.74, 6) is 0.774. The molecule has 0 saturated carbocycles. The van der Waals surface area contributed by atoms with Crippen LogP contribution in [0.25, 0.3) is 0 Å². The molecule has 0 aliphatic carbocycles. The van der Waals surface area contributed by atoms with Crippen molar-refractivity contribution < 1.29 is 14.7 Å². The maximum absolute atomic E-state index is 13.5. The molecule has 0 spiro atoms. The molecule has 1 aromatic heterocycles. The molecule has 2 aliphatic heterocycles. The number of hydrogen-bond donors (Lipinski definition) is 1. The van der Waals surface area contributed by atoms with E-state index in [0.717, 1.165) is 11.4 Å². The number of anilines is 1. The first-order chi connectivity index (χ1) is 16.2. The highest BCUT2D eigenvalue weighted by atomic mass is 35.5. The smallest absolute Gasteiger partial charge is 0.407 e. The van der Waals surface area contributed by atoms with E-state index in [1.165, 1.54) is 4.90 Å². The molecular formula is C25H28ClN5O3. The fourth-order valence-corrected chi connectivity index (χ4v) is 5.32. The van der Waals surface area contributed by atoms with Gasteiger partial charge in [0.1, 0.15) is 11.9 Å². The Balaban J connectivity index is 1.47. The zero-order chi connectivity index (χ0) is 24.5. The lowest BCUT2D eigenvalue weighted by Crippen LogP contribution is -2.48. The van der Waals surface area contributed by atoms with Crippen LogP contribution in [0, 0.1) is 17.2 Å². The summed E-state index contributed by atoms with van der Waals surface area (Å²) in [5.41, 5.74) is 0.944. The monoisotopic (exact) mass is 481 g/mol. The molecule has 3 heterocycles. The minimum Gasteiger partial charge on any atom is -0.465 e. The first-order valence-corrected chi connectivity index (χ1v) is 11.7. The Labute approximate surface area is 204 Å². The number of likely N-dealkylation sites (tertiary alicyclic amines) is 1. The summed E-state index contributed by atoms with van der Waals surface area (Å²) in [5, 5.41) is 19.3. The van der Waals surface area contributed by atoms with Gasteiger partial charge in [0.05, 0.1) is 11.6 Å². The number of rotatable bonds is 4. The van der Waals surface area contributed by atoms with E-state index in [1.54, 1.807) is 31.4 Å². The maximum Gasteiger partial charge on any atom is 0.407 e. The number of piperidine rings is 1. The Morgan fingerprint density at radius 3 is 2.44 bits per heavy atom. The van der Waals surface area contributed by atoms with Gasteiger partial charge in [0.25, 0.3) is 0 Å². The Kier molecular flexibility index (Phi) is 6.67. The van der Waals surface area contributed by atoms with Gasteiger partial charge < -0.3 is 19.8 Å². The molecule has 1 N–H and O–H groups in total. The third-order valence-corrected chi connectivity index (χ3v) is 7.53. The SMILES string of the molecule is CN(C(=O)O)[C@@H]1CN(C(=O)C2CCN(c3ccc(C#N)cn3)CC2)C[C@@]1(C)c1ccc(Cl)cc1. The highest BCUT2D eigenvalue weighted by Crippen LogP contribution is 2.39. The Hall–Kier alpha value is -3.31. The summed E-state index contributed by atoms with van der Waals surface area (Å²) in [6.45, 7) is 4.24. The molecule has 2 aromatic rings. The molecule has 2 fully saturated rings. The highest BCUT2D eigenvalue weighted by Gasteiger charge is 2.49. The van der Waals surface area contributed by atoms with E-state index in [4.69, 9.17) is 16.9 Å². The van der Waals surface area contributed by atoms with E-state index in [1.807, 2.05) is 30.0 Å². The number of pyridine rings is 1. The van der Waals surface area contributed by atoms with Crippen molar-refractivity contribution in [1.82, 2.24) is 14.8 Å². The van der Waals surface area contributed by atoms with Crippen LogP contribution in [0.2, 0.25) is 5.02 Å². The van der Waals surface area contributed by atoms with Crippen LogP contribution in [0.5, 0.6) is 0 Å². The molecule has 0 bridgehead atoms. The van der Waals surface area contributed by atoms with Gasteiger partial charge in [-0.25, -0.2) is 9.78 Å². The summed E-state index contributed by atoms with van der Waals surface area (Å²) in [6, 6.07) is 12.7. The van der Waals surface area contributed by atoms with Crippen molar-refractivity contribution in [2.45, 2.75) is 31.2 Å². The number of carboxylic acid groups (broad SMARTS) is 1. The normalized spacial score (nSPS) is 22.9. The molecule has 1 aromatic carbocycles. The highest BCUT2D eigenvalue weighted by molar-refractivity contribution is 6.30. The predicted octanol–water partition coefficient (Wildman–Crippen LogP) is 3.60. The van der Waals surface area contributed by atoms with Crippen LogP contribution >= 0.6 is 11.6 Å². The van der Waals surface area contributed by atoms with Gasteiger partial charge in [-0.2, -0.15) is 5.26 Å². The minimum atomic E-state index is -1.01. The number of benzene rings is 1. The lowest BCUT2D eigenvalue weighted by molar-refractivity contribution is -0.135. The van der Waals surface area contributed by atoms with Crippen LogP contribution in [0.1, 0.15) is 30.9 Å². The molecule has 34 heavy (non-hydrogen) atoms. The molecule has 0 radical (unpaired) electrons. The first-order valence-electron chi connectivity index (χ1n) is 11.3. The van der Waals surface area contributed by atoms with Gasteiger partial charge in [0.15, 0.2) is 0 Å². The van der Waals surface area contributed by atoms with Crippen LogP contribution in [0.3, 0.4) is 0 Å². The quantitative estimate of drug-likeness (QED) is 0.716. The predicted molar refractivity (Wildman–Crippen MR) is 129 cm³/mol. The van der Waals surface area contributed by atoms with Gasteiger partial charge in [-0.3, -0.25) is 4.79 Å². The van der Waals surface area contributed by atoms with Gasteiger partial charge in [0.2, 0.25) is 5.91 Å². The van der Waals surface area contributed by atoms with Crippen LogP contribution in [0.4, 0.5) is 10.6 Å². The summed E-state index contributed by atoms with van der Waals surface area (Å²) in [6.07, 6.45) is 1.96. The van der Waals surface area contributed by atoms with E-state index in [0.29, 0.717) is 49.6 Å². The Morgan fingerprint density at radius 2 is 1.88 bits per heavy atom. The number of likely N-dealkylation sites (N-methyl/N-ethyl adjacent to an activating group) is 1. The van der Waals surface area contributed by atoms with Crippen molar-refractivity contribution in [2.75, 3.05) is 38.1 Å². The lowest BCUT2D eigenvalue weighted by atomic mass is 9.77. The van der Waals surface area contributed by atoms with Gasteiger partial charge in [-0.05, 0) is 42.7 Å². The molecule has 0 unspecified atom stereocenters. The summed E-state index contributed by atoms with van der Waals surface area (Å²) in [4.78, 5) is 35.0. The Bertz CT molecular complexity index is 1090. The number of carbonyl (C=O) groups is 2. The van der Waals surface area contributed by atoms with Gasteiger partial charge in [0, 0.05) is 55.8 Å². The van der Waals surface area contributed by atoms with Crippen LogP contribution in [0.15, 0.2) is 42.6 Å². The van der Waals surface area contributed by atoms with Crippen LogP contribution in [-0.4, -0.2) is 71.2 Å². The van der Waals surface area contributed by atoms with Crippen LogP contribution < -0.4 is 4.90 Å². The van der Waals surface area contributed by atoms with Gasteiger partial charge in [-0.1, -0.05) is 30.7 Å². The van der Waals surface area contributed by atoms with Crippen molar-refractivity contribution in [1.29, 1.82) is 5.26 Å². The van der Waals surface area contributed by atoms with Gasteiger partial charge in [-0.15, -0.1) is 0 Å². The zero-order valence-electron chi connectivity index (χ0n) is 19.3. The van der Waals surface area contributed by atoms with Gasteiger partial charge >= 0.3 is 6.09 Å². The fraction of sp³-hybridized carbons (Fsp3) is 0.440. The molecular weight excluding hydrogens is 454 g/mol. The number of halogens is 1. The first kappa shape index (κ1) is 23.8. The molecule has 2 amide bonds. The second kappa shape index (κ2) is 9.51. The third-order valence-electron chi connectivity index (χ3n) is 7.28. The molecule has 8 nitrogen and oxygen atoms in total. The standard InChI is InChI=1S/C25H28ClN5O3/c1-25(19-4-6-20(26)7-5-19)16-31(15-21(25)29(2)24(33)34)23(32)18-9-11-30(12-10-18)22-8-3-17(13-27)14-28-22/h3-8,14,18,21H,9-12,15-16H2,1-2H3,(H,33,34)/t21-,25+/m1/s1. The number of amides is 2. The van der Waals surface area contributed by atoms with E-state index in [2.05, 4.69) is 16.0 Å². The molecule has 2 saturated heterocycles. The molecule has 2 aliphatic rings. The number of hydrogen-bond acceptors (Lipinski definition) is 5. The van der Waals surface area contributed by atoms with Crippen LogP contribution in [-0.2, 0) is 10.2 Å².